The molecule has 1 saturated carbocycles. The summed E-state index contributed by atoms with van der Waals surface area (Å²) in [6, 6.07) is 0.800. The molecule has 1 N–H and O–H groups in total. The maximum Gasteiger partial charge on any atom is 0.00988 e. The SMILES string of the molecule is CC.CC.PNC1CCCCC1. The molecule has 12 heavy (non-hydrogen) atoms. The van der Waals surface area contributed by atoms with E-state index >= 15 is 0 Å². The van der Waals surface area contributed by atoms with Crippen LogP contribution in [0, 0.1) is 0 Å². The Bertz CT molecular complexity index is 60.9. The van der Waals surface area contributed by atoms with Crippen LogP contribution >= 0.6 is 9.39 Å². The molecule has 0 spiro atoms. The Morgan fingerprint density at radius 3 is 1.58 bits per heavy atom. The molecule has 1 nitrogen and oxygen atoms in total. The van der Waals surface area contributed by atoms with Gasteiger partial charge in [-0.3, -0.25) is 5.09 Å². The quantitative estimate of drug-likeness (QED) is 0.622. The van der Waals surface area contributed by atoms with Gasteiger partial charge in [-0.25, -0.2) is 0 Å². The van der Waals surface area contributed by atoms with Gasteiger partial charge in [-0.2, -0.15) is 0 Å². The zero-order chi connectivity index (χ0) is 9.82. The molecule has 1 unspecified atom stereocenters. The fourth-order valence-electron chi connectivity index (χ4n) is 1.27. The highest BCUT2D eigenvalue weighted by Crippen LogP contribution is 2.17. The molecule has 0 bridgehead atoms. The molecule has 1 aliphatic carbocycles. The lowest BCUT2D eigenvalue weighted by atomic mass is 9.96. The summed E-state index contributed by atoms with van der Waals surface area (Å²) < 4.78 is 0. The second-order valence-corrected chi connectivity index (χ2v) is 2.83. The molecule has 0 aromatic rings. The van der Waals surface area contributed by atoms with Crippen LogP contribution in [0.15, 0.2) is 0 Å². The fraction of sp³-hybridized carbons (Fsp3) is 1.00. The van der Waals surface area contributed by atoms with Crippen LogP contribution in [-0.2, 0) is 0 Å². The lowest BCUT2D eigenvalue weighted by molar-refractivity contribution is 0.423. The van der Waals surface area contributed by atoms with Crippen LogP contribution in [0.25, 0.3) is 0 Å². The van der Waals surface area contributed by atoms with Gasteiger partial charge in [-0.1, -0.05) is 56.3 Å². The highest BCUT2D eigenvalue weighted by molar-refractivity contribution is 7.13. The highest BCUT2D eigenvalue weighted by Gasteiger charge is 2.09. The standard InChI is InChI=1S/C6H14NP.2C2H6/c8-7-6-4-2-1-3-5-6;2*1-2/h6-7H,1-5,8H2;2*1-2H3. The van der Waals surface area contributed by atoms with Crippen LogP contribution < -0.4 is 5.09 Å². The monoisotopic (exact) mass is 191 g/mol. The first-order chi connectivity index (χ1) is 5.93. The predicted molar refractivity (Wildman–Crippen MR) is 62.4 cm³/mol. The van der Waals surface area contributed by atoms with Crippen LogP contribution in [-0.4, -0.2) is 6.04 Å². The molecule has 1 aliphatic rings. The molecule has 0 heterocycles. The van der Waals surface area contributed by atoms with Gasteiger partial charge in [0.05, 0.1) is 0 Å². The number of nitrogens with one attached hydrogen (secondary N) is 1. The maximum atomic E-state index is 3.22. The predicted octanol–water partition coefficient (Wildman–Crippen LogP) is 3.75. The van der Waals surface area contributed by atoms with Gasteiger partial charge in [0.25, 0.3) is 0 Å². The normalized spacial score (nSPS) is 16.8. The van der Waals surface area contributed by atoms with E-state index in [0.29, 0.717) is 0 Å². The van der Waals surface area contributed by atoms with Gasteiger partial charge in [0.15, 0.2) is 0 Å². The Kier molecular flexibility index (Phi) is 17.3. The van der Waals surface area contributed by atoms with Gasteiger partial charge < -0.3 is 0 Å². The maximum absolute atomic E-state index is 3.22. The third-order valence-electron chi connectivity index (χ3n) is 1.84. The van der Waals surface area contributed by atoms with Crippen molar-refractivity contribution < 1.29 is 0 Å². The minimum atomic E-state index is 0.800. The van der Waals surface area contributed by atoms with Crippen LogP contribution in [0.2, 0.25) is 0 Å². The van der Waals surface area contributed by atoms with Crippen molar-refractivity contribution in [2.75, 3.05) is 0 Å². The molecule has 1 rings (SSSR count). The first-order valence-electron chi connectivity index (χ1n) is 5.39. The van der Waals surface area contributed by atoms with Crippen molar-refractivity contribution >= 4 is 9.39 Å². The fourth-order valence-corrected chi connectivity index (χ4v) is 1.60. The molecule has 0 aliphatic heterocycles. The van der Waals surface area contributed by atoms with Crippen molar-refractivity contribution in [2.45, 2.75) is 65.8 Å². The van der Waals surface area contributed by atoms with E-state index in [1.54, 1.807) is 0 Å². The molecule has 0 aromatic heterocycles. The molecule has 1 fully saturated rings. The largest absolute Gasteiger partial charge is 0.298 e. The Hall–Kier alpha value is 0.390. The van der Waals surface area contributed by atoms with Crippen molar-refractivity contribution in [3.63, 3.8) is 0 Å². The second kappa shape index (κ2) is 13.9. The summed E-state index contributed by atoms with van der Waals surface area (Å²) in [6.45, 7) is 8.00. The van der Waals surface area contributed by atoms with Crippen LogP contribution in [0.4, 0.5) is 0 Å². The summed E-state index contributed by atoms with van der Waals surface area (Å²) in [5, 5.41) is 3.22. The Morgan fingerprint density at radius 1 is 0.917 bits per heavy atom. The van der Waals surface area contributed by atoms with Gasteiger partial charge >= 0.3 is 0 Å². The molecule has 0 aromatic carbocycles. The molecule has 76 valence electrons. The molecule has 1 atom stereocenters. The number of hydrogen-bond donors (Lipinski definition) is 1. The minimum Gasteiger partial charge on any atom is -0.298 e. The second-order valence-electron chi connectivity index (χ2n) is 2.50. The lowest BCUT2D eigenvalue weighted by Crippen LogP contribution is -2.22. The first-order valence-corrected chi connectivity index (χ1v) is 5.97. The summed E-state index contributed by atoms with van der Waals surface area (Å²) in [5.74, 6) is 0. The number of hydrogen-bond acceptors (Lipinski definition) is 1. The van der Waals surface area contributed by atoms with Gasteiger partial charge in [0.1, 0.15) is 0 Å². The van der Waals surface area contributed by atoms with E-state index < -0.39 is 0 Å². The van der Waals surface area contributed by atoms with E-state index in [4.69, 9.17) is 0 Å². The van der Waals surface area contributed by atoms with E-state index in [-0.39, 0.29) is 0 Å². The van der Waals surface area contributed by atoms with Crippen LogP contribution in [0.3, 0.4) is 0 Å². The average molecular weight is 191 g/mol. The van der Waals surface area contributed by atoms with Gasteiger partial charge in [-0.05, 0) is 12.8 Å². The van der Waals surface area contributed by atoms with E-state index in [1.807, 2.05) is 27.7 Å². The van der Waals surface area contributed by atoms with Crippen molar-refractivity contribution in [1.82, 2.24) is 5.09 Å². The third kappa shape index (κ3) is 8.49. The first kappa shape index (κ1) is 14.9. The summed E-state index contributed by atoms with van der Waals surface area (Å²) in [7, 11) is 2.60. The summed E-state index contributed by atoms with van der Waals surface area (Å²) in [6.07, 6.45) is 7.05. The summed E-state index contributed by atoms with van der Waals surface area (Å²) in [5.41, 5.74) is 0. The minimum absolute atomic E-state index is 0.800. The molecule has 0 amide bonds. The molecule has 2 heteroatoms. The van der Waals surface area contributed by atoms with Crippen LogP contribution in [0.1, 0.15) is 59.8 Å². The van der Waals surface area contributed by atoms with Gasteiger partial charge in [-0.15, -0.1) is 0 Å². The summed E-state index contributed by atoms with van der Waals surface area (Å²) in [4.78, 5) is 0. The average Bonchev–Trinajstić information content (AvgIpc) is 2.25. The Balaban J connectivity index is 0. The lowest BCUT2D eigenvalue weighted by Gasteiger charge is -2.19. The van der Waals surface area contributed by atoms with E-state index in [1.165, 1.54) is 32.1 Å². The topological polar surface area (TPSA) is 12.0 Å². The molecular formula is C10H26NP. The Morgan fingerprint density at radius 2 is 1.33 bits per heavy atom. The van der Waals surface area contributed by atoms with E-state index in [9.17, 15) is 0 Å². The van der Waals surface area contributed by atoms with Crippen LogP contribution in [0.5, 0.6) is 0 Å². The van der Waals surface area contributed by atoms with E-state index in [0.717, 1.165) is 6.04 Å². The molecule has 0 saturated heterocycles. The highest BCUT2D eigenvalue weighted by atomic mass is 31.0. The molecule has 0 radical (unpaired) electrons. The van der Waals surface area contributed by atoms with Crippen molar-refractivity contribution in [3.05, 3.63) is 0 Å². The zero-order valence-electron chi connectivity index (χ0n) is 9.19. The van der Waals surface area contributed by atoms with Crippen molar-refractivity contribution in [3.8, 4) is 0 Å². The van der Waals surface area contributed by atoms with Gasteiger partial charge in [0.2, 0.25) is 0 Å². The van der Waals surface area contributed by atoms with Crippen molar-refractivity contribution in [1.29, 1.82) is 0 Å². The van der Waals surface area contributed by atoms with Crippen molar-refractivity contribution in [2.24, 2.45) is 0 Å². The number of rotatable bonds is 1. The zero-order valence-corrected chi connectivity index (χ0v) is 10.3. The summed E-state index contributed by atoms with van der Waals surface area (Å²) >= 11 is 0. The smallest absolute Gasteiger partial charge is 0.00988 e. The van der Waals surface area contributed by atoms with Gasteiger partial charge in [0, 0.05) is 6.04 Å². The third-order valence-corrected chi connectivity index (χ3v) is 2.31. The molecular weight excluding hydrogens is 165 g/mol. The Labute approximate surface area is 81.0 Å². The van der Waals surface area contributed by atoms with E-state index in [2.05, 4.69) is 14.5 Å².